The number of nitrogens with one attached hydrogen (secondary N) is 3. The van der Waals surface area contributed by atoms with Gasteiger partial charge in [0.2, 0.25) is 0 Å². The van der Waals surface area contributed by atoms with Gasteiger partial charge in [0, 0.05) is 34.6 Å². The number of carbonyl (C=O) groups excluding carboxylic acids is 2. The number of aromatic nitrogens is 1. The highest BCUT2D eigenvalue weighted by atomic mass is 35.5. The summed E-state index contributed by atoms with van der Waals surface area (Å²) in [5, 5.41) is 6.28. The van der Waals surface area contributed by atoms with Crippen LogP contribution < -0.4 is 10.6 Å². The molecule has 3 rings (SSSR count). The van der Waals surface area contributed by atoms with Gasteiger partial charge in [-0.15, -0.1) is 0 Å². The van der Waals surface area contributed by atoms with E-state index in [-0.39, 0.29) is 36.4 Å². The molecular weight excluding hydrogens is 345 g/mol. The van der Waals surface area contributed by atoms with Gasteiger partial charge in [-0.05, 0) is 42.5 Å². The SMILES string of the molecule is O=C(NCCNC(=O)c1cc2c(F)cccc2[nH]1)c1ccc(Cl)cc1. The van der Waals surface area contributed by atoms with E-state index in [1.54, 1.807) is 36.4 Å². The van der Waals surface area contributed by atoms with Gasteiger partial charge in [-0.1, -0.05) is 17.7 Å². The number of benzene rings is 2. The third-order valence-electron chi connectivity index (χ3n) is 3.66. The number of halogens is 2. The molecule has 2 amide bonds. The minimum absolute atomic E-state index is 0.246. The maximum Gasteiger partial charge on any atom is 0.267 e. The van der Waals surface area contributed by atoms with Crippen LogP contribution in [0.3, 0.4) is 0 Å². The molecule has 0 saturated heterocycles. The molecular formula is C18H15ClFN3O2. The van der Waals surface area contributed by atoms with Crippen molar-refractivity contribution in [2.24, 2.45) is 0 Å². The van der Waals surface area contributed by atoms with E-state index in [2.05, 4.69) is 15.6 Å². The summed E-state index contributed by atoms with van der Waals surface area (Å²) in [6.07, 6.45) is 0. The topological polar surface area (TPSA) is 74.0 Å². The van der Waals surface area contributed by atoms with Gasteiger partial charge in [-0.3, -0.25) is 9.59 Å². The van der Waals surface area contributed by atoms with E-state index in [0.29, 0.717) is 21.5 Å². The lowest BCUT2D eigenvalue weighted by molar-refractivity contribution is 0.0925. The highest BCUT2D eigenvalue weighted by Gasteiger charge is 2.11. The van der Waals surface area contributed by atoms with Gasteiger partial charge < -0.3 is 15.6 Å². The van der Waals surface area contributed by atoms with Crippen LogP contribution >= 0.6 is 11.6 Å². The van der Waals surface area contributed by atoms with E-state index in [4.69, 9.17) is 11.6 Å². The molecule has 25 heavy (non-hydrogen) atoms. The number of hydrogen-bond donors (Lipinski definition) is 3. The molecule has 1 aromatic heterocycles. The van der Waals surface area contributed by atoms with Crippen LogP contribution in [0.15, 0.2) is 48.5 Å². The van der Waals surface area contributed by atoms with E-state index in [1.165, 1.54) is 12.1 Å². The first-order valence-corrected chi connectivity index (χ1v) is 8.01. The number of aromatic amines is 1. The molecule has 0 aliphatic rings. The van der Waals surface area contributed by atoms with Gasteiger partial charge in [0.25, 0.3) is 11.8 Å². The van der Waals surface area contributed by atoms with Crippen LogP contribution in [0, 0.1) is 5.82 Å². The molecule has 0 radical (unpaired) electrons. The second kappa shape index (κ2) is 7.36. The number of H-pyrrole nitrogens is 1. The third kappa shape index (κ3) is 3.97. The summed E-state index contributed by atoms with van der Waals surface area (Å²) in [4.78, 5) is 26.9. The molecule has 0 saturated carbocycles. The van der Waals surface area contributed by atoms with Crippen molar-refractivity contribution in [3.8, 4) is 0 Å². The Morgan fingerprint density at radius 3 is 2.36 bits per heavy atom. The van der Waals surface area contributed by atoms with Crippen molar-refractivity contribution in [1.29, 1.82) is 0 Å². The summed E-state index contributed by atoms with van der Waals surface area (Å²) >= 11 is 5.77. The van der Waals surface area contributed by atoms with Crippen LogP contribution in [0.1, 0.15) is 20.8 Å². The van der Waals surface area contributed by atoms with Gasteiger partial charge in [-0.25, -0.2) is 4.39 Å². The summed E-state index contributed by atoms with van der Waals surface area (Å²) in [7, 11) is 0. The fraction of sp³-hybridized carbons (Fsp3) is 0.111. The Morgan fingerprint density at radius 1 is 1.00 bits per heavy atom. The first kappa shape index (κ1) is 17.0. The number of hydrogen-bond acceptors (Lipinski definition) is 2. The molecule has 5 nitrogen and oxygen atoms in total. The minimum atomic E-state index is -0.386. The molecule has 0 aliphatic heterocycles. The standard InChI is InChI=1S/C18H15ClFN3O2/c19-12-6-4-11(5-7-12)17(24)21-8-9-22-18(25)16-10-13-14(20)2-1-3-15(13)23-16/h1-7,10,23H,8-9H2,(H,21,24)(H,22,25). The van der Waals surface area contributed by atoms with Crippen LogP contribution in [0.25, 0.3) is 10.9 Å². The monoisotopic (exact) mass is 359 g/mol. The van der Waals surface area contributed by atoms with Crippen molar-refractivity contribution < 1.29 is 14.0 Å². The maximum absolute atomic E-state index is 13.6. The van der Waals surface area contributed by atoms with E-state index in [0.717, 1.165) is 0 Å². The van der Waals surface area contributed by atoms with Gasteiger partial charge in [0.05, 0.1) is 0 Å². The summed E-state index contributed by atoms with van der Waals surface area (Å²) in [5.41, 5.74) is 1.31. The Hall–Kier alpha value is -2.86. The zero-order chi connectivity index (χ0) is 17.8. The highest BCUT2D eigenvalue weighted by molar-refractivity contribution is 6.30. The van der Waals surface area contributed by atoms with Crippen molar-refractivity contribution in [3.05, 3.63) is 70.6 Å². The summed E-state index contributed by atoms with van der Waals surface area (Å²) in [6, 6.07) is 12.6. The van der Waals surface area contributed by atoms with Crippen LogP contribution in [-0.2, 0) is 0 Å². The molecule has 0 aliphatic carbocycles. The number of carbonyl (C=O) groups is 2. The number of amides is 2. The van der Waals surface area contributed by atoms with Crippen LogP contribution in [0.5, 0.6) is 0 Å². The zero-order valence-electron chi connectivity index (χ0n) is 13.1. The van der Waals surface area contributed by atoms with Crippen molar-refractivity contribution in [3.63, 3.8) is 0 Å². The van der Waals surface area contributed by atoms with E-state index < -0.39 is 0 Å². The van der Waals surface area contributed by atoms with Crippen molar-refractivity contribution >= 4 is 34.3 Å². The third-order valence-corrected chi connectivity index (χ3v) is 3.91. The van der Waals surface area contributed by atoms with E-state index in [9.17, 15) is 14.0 Å². The second-order valence-electron chi connectivity index (χ2n) is 5.40. The molecule has 0 atom stereocenters. The molecule has 7 heteroatoms. The van der Waals surface area contributed by atoms with Crippen LogP contribution in [0.4, 0.5) is 4.39 Å². The molecule has 0 fully saturated rings. The zero-order valence-corrected chi connectivity index (χ0v) is 13.9. The Balaban J connectivity index is 1.51. The average molecular weight is 360 g/mol. The Morgan fingerprint density at radius 2 is 1.68 bits per heavy atom. The van der Waals surface area contributed by atoms with E-state index >= 15 is 0 Å². The molecule has 0 spiro atoms. The molecule has 1 heterocycles. The predicted octanol–water partition coefficient (Wildman–Crippen LogP) is 3.12. The van der Waals surface area contributed by atoms with Gasteiger partial charge in [0.1, 0.15) is 11.5 Å². The molecule has 3 aromatic rings. The van der Waals surface area contributed by atoms with E-state index in [1.807, 2.05) is 0 Å². The normalized spacial score (nSPS) is 10.6. The molecule has 0 unspecified atom stereocenters. The van der Waals surface area contributed by atoms with Crippen molar-refractivity contribution in [1.82, 2.24) is 15.6 Å². The lowest BCUT2D eigenvalue weighted by Gasteiger charge is -2.06. The summed E-state index contributed by atoms with van der Waals surface area (Å²) in [6.45, 7) is 0.512. The smallest absolute Gasteiger partial charge is 0.267 e. The fourth-order valence-corrected chi connectivity index (χ4v) is 2.52. The summed E-state index contributed by atoms with van der Waals surface area (Å²) < 4.78 is 13.6. The lowest BCUT2D eigenvalue weighted by atomic mass is 10.2. The largest absolute Gasteiger partial charge is 0.350 e. The van der Waals surface area contributed by atoms with Crippen LogP contribution in [-0.4, -0.2) is 29.9 Å². The quantitative estimate of drug-likeness (QED) is 0.612. The molecule has 2 aromatic carbocycles. The first-order valence-electron chi connectivity index (χ1n) is 7.64. The van der Waals surface area contributed by atoms with Crippen LogP contribution in [0.2, 0.25) is 5.02 Å². The highest BCUT2D eigenvalue weighted by Crippen LogP contribution is 2.18. The van der Waals surface area contributed by atoms with Gasteiger partial charge in [0.15, 0.2) is 0 Å². The first-order chi connectivity index (χ1) is 12.0. The Labute approximate surface area is 148 Å². The maximum atomic E-state index is 13.6. The lowest BCUT2D eigenvalue weighted by Crippen LogP contribution is -2.34. The molecule has 3 N–H and O–H groups in total. The van der Waals surface area contributed by atoms with Gasteiger partial charge >= 0.3 is 0 Å². The van der Waals surface area contributed by atoms with Crippen molar-refractivity contribution in [2.75, 3.05) is 13.1 Å². The molecule has 0 bridgehead atoms. The fourth-order valence-electron chi connectivity index (χ4n) is 2.39. The van der Waals surface area contributed by atoms with Crippen molar-refractivity contribution in [2.45, 2.75) is 0 Å². The average Bonchev–Trinajstić information content (AvgIpc) is 3.05. The number of rotatable bonds is 5. The Bertz CT molecular complexity index is 922. The second-order valence-corrected chi connectivity index (χ2v) is 5.84. The summed E-state index contributed by atoms with van der Waals surface area (Å²) in [5.74, 6) is -1.00. The Kier molecular flexibility index (Phi) is 5.00. The predicted molar refractivity (Wildman–Crippen MR) is 94.4 cm³/mol. The molecule has 128 valence electrons. The van der Waals surface area contributed by atoms with Gasteiger partial charge in [-0.2, -0.15) is 0 Å². The minimum Gasteiger partial charge on any atom is -0.350 e. The number of fused-ring (bicyclic) bond motifs is 1.